The van der Waals surface area contributed by atoms with Gasteiger partial charge in [0.25, 0.3) is 5.91 Å². The maximum Gasteiger partial charge on any atom is 0.258 e. The second-order valence-corrected chi connectivity index (χ2v) is 3.89. The van der Waals surface area contributed by atoms with Gasteiger partial charge in [0.1, 0.15) is 11.5 Å². The predicted octanol–water partition coefficient (Wildman–Crippen LogP) is 0.543. The van der Waals surface area contributed by atoms with E-state index in [9.17, 15) is 9.90 Å². The molecule has 0 aromatic heterocycles. The lowest BCUT2D eigenvalue weighted by molar-refractivity contribution is -0.123. The molecule has 0 aliphatic carbocycles. The van der Waals surface area contributed by atoms with Crippen LogP contribution in [0.4, 0.5) is 0 Å². The van der Waals surface area contributed by atoms with Crippen molar-refractivity contribution in [3.05, 3.63) is 23.8 Å². The van der Waals surface area contributed by atoms with Gasteiger partial charge in [-0.2, -0.15) is 0 Å². The van der Waals surface area contributed by atoms with E-state index in [1.807, 2.05) is 6.92 Å². The van der Waals surface area contributed by atoms with E-state index < -0.39 is 0 Å². The highest BCUT2D eigenvalue weighted by Crippen LogP contribution is 2.25. The highest BCUT2D eigenvalue weighted by molar-refractivity contribution is 5.77. The van der Waals surface area contributed by atoms with Crippen LogP contribution in [0.3, 0.4) is 0 Å². The van der Waals surface area contributed by atoms with Gasteiger partial charge in [0.2, 0.25) is 0 Å². The number of hydrogen-bond donors (Lipinski definition) is 3. The van der Waals surface area contributed by atoms with Crippen LogP contribution in [-0.4, -0.2) is 30.2 Å². The fraction of sp³-hybridized carbons (Fsp3) is 0.417. The summed E-state index contributed by atoms with van der Waals surface area (Å²) < 4.78 is 5.31. The summed E-state index contributed by atoms with van der Waals surface area (Å²) in [6.07, 6.45) is 0. The van der Waals surface area contributed by atoms with Crippen LogP contribution in [0.5, 0.6) is 11.5 Å². The third-order valence-corrected chi connectivity index (χ3v) is 2.38. The van der Waals surface area contributed by atoms with Crippen LogP contribution in [-0.2, 0) is 4.79 Å². The molecule has 0 heterocycles. The van der Waals surface area contributed by atoms with Crippen molar-refractivity contribution in [3.8, 4) is 11.5 Å². The molecule has 94 valence electrons. The van der Waals surface area contributed by atoms with Crippen LogP contribution in [0, 0.1) is 6.92 Å². The second kappa shape index (κ2) is 6.10. The fourth-order valence-electron chi connectivity index (χ4n) is 1.28. The number of benzene rings is 1. The number of carbonyl (C=O) groups is 1. The Kier molecular flexibility index (Phi) is 4.78. The minimum atomic E-state index is -0.231. The van der Waals surface area contributed by atoms with Gasteiger partial charge >= 0.3 is 0 Å². The highest BCUT2D eigenvalue weighted by Gasteiger charge is 2.08. The molecule has 1 aromatic rings. The van der Waals surface area contributed by atoms with E-state index in [0.29, 0.717) is 17.9 Å². The Morgan fingerprint density at radius 3 is 2.94 bits per heavy atom. The van der Waals surface area contributed by atoms with E-state index in [1.165, 1.54) is 0 Å². The number of phenols is 1. The molecule has 0 aliphatic rings. The minimum absolute atomic E-state index is 0.0728. The molecule has 17 heavy (non-hydrogen) atoms. The number of carbonyl (C=O) groups excluding carboxylic acids is 1. The summed E-state index contributed by atoms with van der Waals surface area (Å²) in [5.74, 6) is 0.421. The van der Waals surface area contributed by atoms with E-state index in [4.69, 9.17) is 10.5 Å². The van der Waals surface area contributed by atoms with Gasteiger partial charge in [-0.15, -0.1) is 0 Å². The van der Waals surface area contributed by atoms with E-state index >= 15 is 0 Å². The first-order chi connectivity index (χ1) is 8.04. The van der Waals surface area contributed by atoms with E-state index in [0.717, 1.165) is 0 Å². The van der Waals surface area contributed by atoms with Gasteiger partial charge in [0.15, 0.2) is 6.61 Å². The van der Waals surface area contributed by atoms with Crippen molar-refractivity contribution in [1.82, 2.24) is 5.32 Å². The first kappa shape index (κ1) is 13.3. The van der Waals surface area contributed by atoms with Crippen LogP contribution in [0.15, 0.2) is 18.2 Å². The number of ether oxygens (including phenoxy) is 1. The van der Waals surface area contributed by atoms with Crippen molar-refractivity contribution < 1.29 is 14.6 Å². The van der Waals surface area contributed by atoms with Gasteiger partial charge in [-0.05, 0) is 26.0 Å². The maximum absolute atomic E-state index is 11.4. The molecule has 4 N–H and O–H groups in total. The van der Waals surface area contributed by atoms with Gasteiger partial charge in [0.05, 0.1) is 0 Å². The number of nitrogens with one attached hydrogen (secondary N) is 1. The molecule has 5 heteroatoms. The predicted molar refractivity (Wildman–Crippen MR) is 65.0 cm³/mol. The quantitative estimate of drug-likeness (QED) is 0.699. The molecule has 1 amide bonds. The lowest BCUT2D eigenvalue weighted by Crippen LogP contribution is -2.40. The van der Waals surface area contributed by atoms with Crippen LogP contribution in [0.25, 0.3) is 0 Å². The smallest absolute Gasteiger partial charge is 0.258 e. The van der Waals surface area contributed by atoms with Crippen molar-refractivity contribution in [2.24, 2.45) is 5.73 Å². The lowest BCUT2D eigenvalue weighted by atomic mass is 10.2. The van der Waals surface area contributed by atoms with E-state index in [1.54, 1.807) is 25.1 Å². The molecule has 0 fully saturated rings. The van der Waals surface area contributed by atoms with Crippen molar-refractivity contribution in [3.63, 3.8) is 0 Å². The van der Waals surface area contributed by atoms with Gasteiger partial charge in [-0.25, -0.2) is 0 Å². The van der Waals surface area contributed by atoms with Gasteiger partial charge in [-0.1, -0.05) is 6.07 Å². The number of amides is 1. The molecule has 5 nitrogen and oxygen atoms in total. The summed E-state index contributed by atoms with van der Waals surface area (Å²) in [5.41, 5.74) is 6.00. The number of phenolic OH excluding ortho intramolecular Hbond substituents is 1. The van der Waals surface area contributed by atoms with Crippen LogP contribution in [0.1, 0.15) is 12.5 Å². The minimum Gasteiger partial charge on any atom is -0.508 e. The molecule has 0 spiro atoms. The van der Waals surface area contributed by atoms with Gasteiger partial charge in [0, 0.05) is 18.2 Å². The van der Waals surface area contributed by atoms with Crippen molar-refractivity contribution in [2.45, 2.75) is 19.9 Å². The van der Waals surface area contributed by atoms with Crippen LogP contribution < -0.4 is 15.8 Å². The fourth-order valence-corrected chi connectivity index (χ4v) is 1.28. The molecule has 0 bridgehead atoms. The molecule has 1 unspecified atom stereocenters. The number of rotatable bonds is 5. The van der Waals surface area contributed by atoms with Gasteiger partial charge in [-0.3, -0.25) is 4.79 Å². The first-order valence-electron chi connectivity index (χ1n) is 5.45. The molecule has 1 atom stereocenters. The summed E-state index contributed by atoms with van der Waals surface area (Å²) >= 11 is 0. The number of aromatic hydroxyl groups is 1. The monoisotopic (exact) mass is 238 g/mol. The zero-order chi connectivity index (χ0) is 12.8. The Labute approximate surface area is 101 Å². The number of hydrogen-bond acceptors (Lipinski definition) is 4. The Bertz CT molecular complexity index is 393. The molecule has 0 aliphatic heterocycles. The topological polar surface area (TPSA) is 84.6 Å². The summed E-state index contributed by atoms with van der Waals surface area (Å²) in [6, 6.07) is 4.86. The van der Waals surface area contributed by atoms with Crippen molar-refractivity contribution in [2.75, 3.05) is 13.2 Å². The van der Waals surface area contributed by atoms with E-state index in [2.05, 4.69) is 5.32 Å². The van der Waals surface area contributed by atoms with Crippen molar-refractivity contribution in [1.29, 1.82) is 0 Å². The Morgan fingerprint density at radius 2 is 2.29 bits per heavy atom. The summed E-state index contributed by atoms with van der Waals surface area (Å²) in [5, 5.41) is 12.1. The third kappa shape index (κ3) is 3.96. The average Bonchev–Trinajstić information content (AvgIpc) is 2.31. The molecule has 0 radical (unpaired) electrons. The van der Waals surface area contributed by atoms with Gasteiger partial charge < -0.3 is 20.9 Å². The largest absolute Gasteiger partial charge is 0.508 e. The Morgan fingerprint density at radius 1 is 1.59 bits per heavy atom. The van der Waals surface area contributed by atoms with Crippen LogP contribution in [0.2, 0.25) is 0 Å². The van der Waals surface area contributed by atoms with E-state index in [-0.39, 0.29) is 24.3 Å². The SMILES string of the molecule is Cc1c(O)cccc1OCC(=O)NC(C)CN. The lowest BCUT2D eigenvalue weighted by Gasteiger charge is -2.13. The second-order valence-electron chi connectivity index (χ2n) is 3.89. The normalized spacial score (nSPS) is 11.9. The zero-order valence-corrected chi connectivity index (χ0v) is 10.1. The zero-order valence-electron chi connectivity index (χ0n) is 10.1. The Balaban J connectivity index is 2.50. The third-order valence-electron chi connectivity index (χ3n) is 2.38. The molecule has 0 saturated heterocycles. The van der Waals surface area contributed by atoms with Crippen molar-refractivity contribution >= 4 is 5.91 Å². The molecule has 1 aromatic carbocycles. The summed E-state index contributed by atoms with van der Waals surface area (Å²) in [7, 11) is 0. The molecule has 1 rings (SSSR count). The number of nitrogens with two attached hydrogens (primary N) is 1. The Hall–Kier alpha value is -1.75. The standard InChI is InChI=1S/C12H18N2O3/c1-8(6-13)14-12(16)7-17-11-5-3-4-10(15)9(11)2/h3-5,8,15H,6-7,13H2,1-2H3,(H,14,16). The molecule has 0 saturated carbocycles. The molecular weight excluding hydrogens is 220 g/mol. The summed E-state index contributed by atoms with van der Waals surface area (Å²) in [4.78, 5) is 11.4. The first-order valence-corrected chi connectivity index (χ1v) is 5.45. The molecular formula is C12H18N2O3. The summed E-state index contributed by atoms with van der Waals surface area (Å²) in [6.45, 7) is 3.84. The van der Waals surface area contributed by atoms with Crippen LogP contribution >= 0.6 is 0 Å². The average molecular weight is 238 g/mol. The highest BCUT2D eigenvalue weighted by atomic mass is 16.5. The maximum atomic E-state index is 11.4.